The maximum atomic E-state index is 6.24. The average molecular weight is 316 g/mol. The summed E-state index contributed by atoms with van der Waals surface area (Å²) in [5.74, 6) is 0.541. The maximum Gasteiger partial charge on any atom is 0.0545 e. The summed E-state index contributed by atoms with van der Waals surface area (Å²) in [5.41, 5.74) is 2.34. The van der Waals surface area contributed by atoms with E-state index in [-0.39, 0.29) is 5.54 Å². The Hall–Kier alpha value is -1.35. The number of fused-ring (bicyclic) bond motifs is 1. The Kier molecular flexibility index (Phi) is 4.29. The minimum atomic E-state index is -0.216. The molecule has 1 atom stereocenters. The first-order valence-electron chi connectivity index (χ1n) is 7.04. The standard InChI is InChI=1S/C18H18ClNS/c1-18(13-19,15-7-3-2-4-8-15)20-11-14-12-21-17-10-6-5-9-16(14)17/h2-10,12,20H,11,13H2,1H3. The molecule has 3 aromatic rings. The quantitative estimate of drug-likeness (QED) is 0.642. The van der Waals surface area contributed by atoms with Gasteiger partial charge in [0.1, 0.15) is 0 Å². The molecule has 0 fully saturated rings. The lowest BCUT2D eigenvalue weighted by atomic mass is 9.94. The van der Waals surface area contributed by atoms with Gasteiger partial charge in [-0.3, -0.25) is 0 Å². The fourth-order valence-electron chi connectivity index (χ4n) is 2.49. The number of halogens is 1. The van der Waals surface area contributed by atoms with E-state index in [9.17, 15) is 0 Å². The van der Waals surface area contributed by atoms with Crippen LogP contribution in [-0.4, -0.2) is 5.88 Å². The Morgan fingerprint density at radius 2 is 1.76 bits per heavy atom. The van der Waals surface area contributed by atoms with Crippen LogP contribution in [-0.2, 0) is 12.1 Å². The van der Waals surface area contributed by atoms with Crippen molar-refractivity contribution >= 4 is 33.0 Å². The van der Waals surface area contributed by atoms with Gasteiger partial charge in [0.15, 0.2) is 0 Å². The Bertz CT molecular complexity index is 722. The summed E-state index contributed by atoms with van der Waals surface area (Å²) in [6, 6.07) is 18.9. The lowest BCUT2D eigenvalue weighted by Gasteiger charge is -2.29. The van der Waals surface area contributed by atoms with Crippen LogP contribution in [0.3, 0.4) is 0 Å². The molecule has 0 saturated heterocycles. The molecule has 3 rings (SSSR count). The van der Waals surface area contributed by atoms with Gasteiger partial charge in [0.2, 0.25) is 0 Å². The van der Waals surface area contributed by atoms with E-state index in [1.807, 2.05) is 6.07 Å². The van der Waals surface area contributed by atoms with E-state index in [1.165, 1.54) is 21.2 Å². The molecule has 2 aromatic carbocycles. The van der Waals surface area contributed by atoms with Crippen LogP contribution in [0.5, 0.6) is 0 Å². The summed E-state index contributed by atoms with van der Waals surface area (Å²) in [6.45, 7) is 2.98. The SMILES string of the molecule is CC(CCl)(NCc1csc2ccccc12)c1ccccc1. The van der Waals surface area contributed by atoms with Crippen molar-refractivity contribution < 1.29 is 0 Å². The van der Waals surface area contributed by atoms with Gasteiger partial charge in [0.25, 0.3) is 0 Å². The molecule has 1 N–H and O–H groups in total. The third kappa shape index (κ3) is 2.98. The number of rotatable bonds is 5. The van der Waals surface area contributed by atoms with Gasteiger partial charge in [0, 0.05) is 17.1 Å². The van der Waals surface area contributed by atoms with E-state index >= 15 is 0 Å². The molecule has 0 aliphatic carbocycles. The molecule has 0 saturated carbocycles. The highest BCUT2D eigenvalue weighted by Gasteiger charge is 2.24. The molecule has 1 heterocycles. The summed E-state index contributed by atoms with van der Waals surface area (Å²) in [7, 11) is 0. The van der Waals surface area contributed by atoms with E-state index < -0.39 is 0 Å². The number of hydrogen-bond acceptors (Lipinski definition) is 2. The monoisotopic (exact) mass is 315 g/mol. The largest absolute Gasteiger partial charge is 0.302 e. The zero-order valence-corrected chi connectivity index (χ0v) is 13.5. The van der Waals surface area contributed by atoms with Crippen LogP contribution in [0.4, 0.5) is 0 Å². The van der Waals surface area contributed by atoms with Crippen molar-refractivity contribution in [3.05, 3.63) is 71.1 Å². The Morgan fingerprint density at radius 1 is 1.05 bits per heavy atom. The van der Waals surface area contributed by atoms with Gasteiger partial charge in [-0.1, -0.05) is 48.5 Å². The van der Waals surface area contributed by atoms with Crippen molar-refractivity contribution in [2.45, 2.75) is 19.0 Å². The molecular weight excluding hydrogens is 298 g/mol. The zero-order valence-electron chi connectivity index (χ0n) is 12.0. The predicted octanol–water partition coefficient (Wildman–Crippen LogP) is 5.15. The highest BCUT2D eigenvalue weighted by molar-refractivity contribution is 7.17. The molecule has 1 unspecified atom stereocenters. The van der Waals surface area contributed by atoms with Crippen LogP contribution >= 0.6 is 22.9 Å². The molecule has 3 heteroatoms. The first-order valence-corrected chi connectivity index (χ1v) is 8.46. The molecule has 0 bridgehead atoms. The summed E-state index contributed by atoms with van der Waals surface area (Å²) in [4.78, 5) is 0. The molecule has 0 amide bonds. The van der Waals surface area contributed by atoms with Gasteiger partial charge in [-0.15, -0.1) is 22.9 Å². The number of thiophene rings is 1. The van der Waals surface area contributed by atoms with Crippen molar-refractivity contribution in [3.63, 3.8) is 0 Å². The Morgan fingerprint density at radius 3 is 2.52 bits per heavy atom. The number of benzene rings is 2. The molecule has 0 spiro atoms. The Labute approximate surface area is 134 Å². The first-order chi connectivity index (χ1) is 10.2. The van der Waals surface area contributed by atoms with Gasteiger partial charge in [-0.05, 0) is 34.9 Å². The van der Waals surface area contributed by atoms with Gasteiger partial charge in [-0.2, -0.15) is 0 Å². The molecule has 21 heavy (non-hydrogen) atoms. The van der Waals surface area contributed by atoms with Crippen molar-refractivity contribution in [3.8, 4) is 0 Å². The fraction of sp³-hybridized carbons (Fsp3) is 0.222. The Balaban J connectivity index is 1.82. The minimum absolute atomic E-state index is 0.216. The van der Waals surface area contributed by atoms with Crippen LogP contribution in [0.2, 0.25) is 0 Å². The van der Waals surface area contributed by atoms with E-state index in [4.69, 9.17) is 11.6 Å². The van der Waals surface area contributed by atoms with Crippen molar-refractivity contribution in [2.24, 2.45) is 0 Å². The highest BCUT2D eigenvalue weighted by atomic mass is 35.5. The first kappa shape index (κ1) is 14.6. The molecule has 0 radical (unpaired) electrons. The smallest absolute Gasteiger partial charge is 0.0545 e. The molecular formula is C18H18ClNS. The van der Waals surface area contributed by atoms with Crippen molar-refractivity contribution in [2.75, 3.05) is 5.88 Å². The summed E-state index contributed by atoms with van der Waals surface area (Å²) >= 11 is 8.04. The predicted molar refractivity (Wildman–Crippen MR) is 93.2 cm³/mol. The zero-order chi connectivity index (χ0) is 14.7. The maximum absolute atomic E-state index is 6.24. The topological polar surface area (TPSA) is 12.0 Å². The number of hydrogen-bond donors (Lipinski definition) is 1. The average Bonchev–Trinajstić information content (AvgIpc) is 2.97. The molecule has 108 valence electrons. The van der Waals surface area contributed by atoms with Crippen LogP contribution in [0.25, 0.3) is 10.1 Å². The second-order valence-electron chi connectivity index (χ2n) is 5.44. The van der Waals surface area contributed by atoms with Crippen LogP contribution in [0.15, 0.2) is 60.0 Å². The van der Waals surface area contributed by atoms with Crippen LogP contribution in [0, 0.1) is 0 Å². The van der Waals surface area contributed by atoms with E-state index in [0.29, 0.717) is 5.88 Å². The van der Waals surface area contributed by atoms with Gasteiger partial charge in [-0.25, -0.2) is 0 Å². The summed E-state index contributed by atoms with van der Waals surface area (Å²) < 4.78 is 1.33. The number of nitrogens with one attached hydrogen (secondary N) is 1. The van der Waals surface area contributed by atoms with Crippen LogP contribution < -0.4 is 5.32 Å². The number of alkyl halides is 1. The van der Waals surface area contributed by atoms with Crippen LogP contribution in [0.1, 0.15) is 18.1 Å². The minimum Gasteiger partial charge on any atom is -0.302 e. The van der Waals surface area contributed by atoms with Gasteiger partial charge in [0.05, 0.1) is 5.54 Å². The highest BCUT2D eigenvalue weighted by Crippen LogP contribution is 2.28. The molecule has 0 aliphatic heterocycles. The molecule has 1 aromatic heterocycles. The van der Waals surface area contributed by atoms with Gasteiger partial charge >= 0.3 is 0 Å². The fourth-order valence-corrected chi connectivity index (χ4v) is 3.70. The third-order valence-corrected chi connectivity index (χ3v) is 5.46. The van der Waals surface area contributed by atoms with E-state index in [0.717, 1.165) is 6.54 Å². The lowest BCUT2D eigenvalue weighted by molar-refractivity contribution is 0.408. The third-order valence-electron chi connectivity index (χ3n) is 3.91. The molecule has 1 nitrogen and oxygen atoms in total. The van der Waals surface area contributed by atoms with E-state index in [1.54, 1.807) is 11.3 Å². The van der Waals surface area contributed by atoms with Crippen molar-refractivity contribution in [1.29, 1.82) is 0 Å². The lowest BCUT2D eigenvalue weighted by Crippen LogP contribution is -2.40. The summed E-state index contributed by atoms with van der Waals surface area (Å²) in [5, 5.41) is 7.20. The summed E-state index contributed by atoms with van der Waals surface area (Å²) in [6.07, 6.45) is 0. The molecule has 0 aliphatic rings. The van der Waals surface area contributed by atoms with E-state index in [2.05, 4.69) is 66.2 Å². The van der Waals surface area contributed by atoms with Crippen molar-refractivity contribution in [1.82, 2.24) is 5.32 Å². The van der Waals surface area contributed by atoms with Gasteiger partial charge < -0.3 is 5.32 Å². The normalized spacial score (nSPS) is 14.2. The second kappa shape index (κ2) is 6.18. The second-order valence-corrected chi connectivity index (χ2v) is 6.62.